The molecule has 1 heterocycles. The molecule has 1 amide bonds. The quantitative estimate of drug-likeness (QED) is 0.608. The number of nitro groups is 1. The summed E-state index contributed by atoms with van der Waals surface area (Å²) in [7, 11) is 0. The van der Waals surface area contributed by atoms with Crippen LogP contribution in [0.3, 0.4) is 0 Å². The van der Waals surface area contributed by atoms with Gasteiger partial charge in [0.1, 0.15) is 12.4 Å². The van der Waals surface area contributed by atoms with Crippen molar-refractivity contribution in [2.75, 3.05) is 11.9 Å². The van der Waals surface area contributed by atoms with Gasteiger partial charge in [0, 0.05) is 6.54 Å². The summed E-state index contributed by atoms with van der Waals surface area (Å²) in [4.78, 5) is 29.0. The molecule has 0 spiro atoms. The van der Waals surface area contributed by atoms with Crippen molar-refractivity contribution >= 4 is 17.5 Å². The lowest BCUT2D eigenvalue weighted by atomic mass is 10.2. The average molecular weight is 287 g/mol. The highest BCUT2D eigenvalue weighted by Gasteiger charge is 2.07. The number of hydrogen-bond acceptors (Lipinski definition) is 6. The minimum Gasteiger partial charge on any atom is -0.350 e. The van der Waals surface area contributed by atoms with Crippen molar-refractivity contribution in [3.63, 3.8) is 0 Å². The van der Waals surface area contributed by atoms with Crippen molar-refractivity contribution < 1.29 is 9.72 Å². The van der Waals surface area contributed by atoms with Crippen LogP contribution in [0.4, 0.5) is 11.6 Å². The van der Waals surface area contributed by atoms with E-state index in [9.17, 15) is 14.9 Å². The first-order valence-corrected chi connectivity index (χ1v) is 6.16. The van der Waals surface area contributed by atoms with Gasteiger partial charge < -0.3 is 10.6 Å². The number of hydrogen-bond donors (Lipinski definition) is 2. The molecule has 1 aromatic heterocycles. The van der Waals surface area contributed by atoms with Crippen LogP contribution in [0.1, 0.15) is 5.56 Å². The molecule has 0 aliphatic rings. The standard InChI is InChI=1S/C13H13N5O3/c19-12(14-6-10-4-2-1-3-5-10)9-17-13-15-7-11(8-16-13)18(20)21/h1-5,7-8H,6,9H2,(H,14,19)(H,15,16,17). The molecule has 2 rings (SSSR count). The van der Waals surface area contributed by atoms with Crippen molar-refractivity contribution in [2.24, 2.45) is 0 Å². The van der Waals surface area contributed by atoms with Crippen LogP contribution in [0.2, 0.25) is 0 Å². The van der Waals surface area contributed by atoms with Crippen LogP contribution in [-0.4, -0.2) is 27.3 Å². The van der Waals surface area contributed by atoms with Gasteiger partial charge in [-0.05, 0) is 5.56 Å². The van der Waals surface area contributed by atoms with Gasteiger partial charge in [-0.1, -0.05) is 30.3 Å². The zero-order chi connectivity index (χ0) is 15.1. The molecule has 2 aromatic rings. The number of carbonyl (C=O) groups excluding carboxylic acids is 1. The zero-order valence-electron chi connectivity index (χ0n) is 11.0. The minimum absolute atomic E-state index is 0.00928. The Balaban J connectivity index is 1.77. The van der Waals surface area contributed by atoms with Gasteiger partial charge in [-0.25, -0.2) is 9.97 Å². The molecule has 0 fully saturated rings. The molecule has 0 saturated heterocycles. The second-order valence-corrected chi connectivity index (χ2v) is 4.14. The zero-order valence-corrected chi connectivity index (χ0v) is 11.0. The first-order chi connectivity index (χ1) is 10.1. The van der Waals surface area contributed by atoms with Gasteiger partial charge in [0.05, 0.1) is 11.5 Å². The summed E-state index contributed by atoms with van der Waals surface area (Å²) in [6.07, 6.45) is 2.16. The number of rotatable bonds is 6. The Labute approximate surface area is 120 Å². The summed E-state index contributed by atoms with van der Waals surface area (Å²) in [6, 6.07) is 9.51. The van der Waals surface area contributed by atoms with Gasteiger partial charge in [-0.15, -0.1) is 0 Å². The van der Waals surface area contributed by atoms with E-state index < -0.39 is 4.92 Å². The van der Waals surface area contributed by atoms with E-state index in [-0.39, 0.29) is 24.1 Å². The van der Waals surface area contributed by atoms with Crippen LogP contribution < -0.4 is 10.6 Å². The topological polar surface area (TPSA) is 110 Å². The highest BCUT2D eigenvalue weighted by Crippen LogP contribution is 2.07. The molecule has 1 aromatic carbocycles. The summed E-state index contributed by atoms with van der Waals surface area (Å²) in [5.74, 6) is -0.0590. The van der Waals surface area contributed by atoms with Gasteiger partial charge in [0.15, 0.2) is 0 Å². The number of anilines is 1. The molecule has 108 valence electrons. The van der Waals surface area contributed by atoms with Gasteiger partial charge in [0.25, 0.3) is 0 Å². The van der Waals surface area contributed by atoms with Crippen LogP contribution in [0.15, 0.2) is 42.7 Å². The molecule has 0 aliphatic carbocycles. The predicted molar refractivity (Wildman–Crippen MR) is 75.5 cm³/mol. The van der Waals surface area contributed by atoms with Crippen LogP contribution in [0, 0.1) is 10.1 Å². The third kappa shape index (κ3) is 4.53. The Morgan fingerprint density at radius 3 is 2.48 bits per heavy atom. The summed E-state index contributed by atoms with van der Waals surface area (Å²) in [5.41, 5.74) is 0.798. The van der Waals surface area contributed by atoms with Crippen LogP contribution in [0.5, 0.6) is 0 Å². The van der Waals surface area contributed by atoms with Crippen LogP contribution >= 0.6 is 0 Å². The summed E-state index contributed by atoms with van der Waals surface area (Å²) in [5, 5.41) is 15.9. The predicted octanol–water partition coefficient (Wildman–Crippen LogP) is 1.11. The second-order valence-electron chi connectivity index (χ2n) is 4.14. The van der Waals surface area contributed by atoms with Crippen molar-refractivity contribution in [3.05, 3.63) is 58.4 Å². The van der Waals surface area contributed by atoms with Crippen LogP contribution in [-0.2, 0) is 11.3 Å². The first kappa shape index (κ1) is 14.4. The fourth-order valence-electron chi connectivity index (χ4n) is 1.53. The van der Waals surface area contributed by atoms with Gasteiger partial charge >= 0.3 is 5.69 Å². The third-order valence-corrected chi connectivity index (χ3v) is 2.59. The maximum Gasteiger partial charge on any atom is 0.305 e. The molecule has 2 N–H and O–H groups in total. The molecule has 0 atom stereocenters. The Morgan fingerprint density at radius 2 is 1.86 bits per heavy atom. The lowest BCUT2D eigenvalue weighted by Gasteiger charge is -2.06. The highest BCUT2D eigenvalue weighted by molar-refractivity contribution is 5.80. The molecule has 0 aliphatic heterocycles. The third-order valence-electron chi connectivity index (χ3n) is 2.59. The largest absolute Gasteiger partial charge is 0.350 e. The summed E-state index contributed by atoms with van der Waals surface area (Å²) in [6.45, 7) is 0.424. The van der Waals surface area contributed by atoms with E-state index in [0.29, 0.717) is 6.54 Å². The SMILES string of the molecule is O=C(CNc1ncc([N+](=O)[O-])cn1)NCc1ccccc1. The Kier molecular flexibility index (Phi) is 4.75. The number of amides is 1. The van der Waals surface area contributed by atoms with Gasteiger partial charge in [0.2, 0.25) is 11.9 Å². The van der Waals surface area contributed by atoms with E-state index in [2.05, 4.69) is 20.6 Å². The molecule has 0 unspecified atom stereocenters. The minimum atomic E-state index is -0.587. The summed E-state index contributed by atoms with van der Waals surface area (Å²) >= 11 is 0. The molecular formula is C13H13N5O3. The molecule has 0 radical (unpaired) electrons. The lowest BCUT2D eigenvalue weighted by Crippen LogP contribution is -2.29. The van der Waals surface area contributed by atoms with E-state index in [4.69, 9.17) is 0 Å². The Bertz CT molecular complexity index is 615. The van der Waals surface area contributed by atoms with E-state index >= 15 is 0 Å². The van der Waals surface area contributed by atoms with E-state index in [1.807, 2.05) is 30.3 Å². The lowest BCUT2D eigenvalue weighted by molar-refractivity contribution is -0.385. The van der Waals surface area contributed by atoms with E-state index in [0.717, 1.165) is 18.0 Å². The number of nitrogens with one attached hydrogen (secondary N) is 2. The molecule has 0 saturated carbocycles. The maximum absolute atomic E-state index is 11.6. The molecule has 0 bridgehead atoms. The first-order valence-electron chi connectivity index (χ1n) is 6.16. The van der Waals surface area contributed by atoms with E-state index in [1.165, 1.54) is 0 Å². The molecule has 21 heavy (non-hydrogen) atoms. The number of nitrogens with zero attached hydrogens (tertiary/aromatic N) is 3. The van der Waals surface area contributed by atoms with Crippen LogP contribution in [0.25, 0.3) is 0 Å². The fourth-order valence-corrected chi connectivity index (χ4v) is 1.53. The van der Waals surface area contributed by atoms with Gasteiger partial charge in [-0.3, -0.25) is 14.9 Å². The smallest absolute Gasteiger partial charge is 0.305 e. The normalized spacial score (nSPS) is 9.90. The Morgan fingerprint density at radius 1 is 1.19 bits per heavy atom. The highest BCUT2D eigenvalue weighted by atomic mass is 16.6. The van der Waals surface area contributed by atoms with Crippen molar-refractivity contribution in [1.29, 1.82) is 0 Å². The summed E-state index contributed by atoms with van der Waals surface area (Å²) < 4.78 is 0. The Hall–Kier alpha value is -3.03. The number of benzene rings is 1. The van der Waals surface area contributed by atoms with E-state index in [1.54, 1.807) is 0 Å². The van der Waals surface area contributed by atoms with Gasteiger partial charge in [-0.2, -0.15) is 0 Å². The fraction of sp³-hybridized carbons (Fsp3) is 0.154. The maximum atomic E-state index is 11.6. The molecular weight excluding hydrogens is 274 g/mol. The van der Waals surface area contributed by atoms with Crippen molar-refractivity contribution in [1.82, 2.24) is 15.3 Å². The van der Waals surface area contributed by atoms with Crippen molar-refractivity contribution in [3.8, 4) is 0 Å². The average Bonchev–Trinajstić information content (AvgIpc) is 2.52. The number of carbonyl (C=O) groups is 1. The number of aromatic nitrogens is 2. The molecule has 8 heteroatoms. The second kappa shape index (κ2) is 6.94. The molecule has 8 nitrogen and oxygen atoms in total. The van der Waals surface area contributed by atoms with Crippen molar-refractivity contribution in [2.45, 2.75) is 6.54 Å². The monoisotopic (exact) mass is 287 g/mol.